The third-order valence-corrected chi connectivity index (χ3v) is 3.75. The lowest BCUT2D eigenvalue weighted by Gasteiger charge is -2.12. The van der Waals surface area contributed by atoms with Gasteiger partial charge in [0, 0.05) is 0 Å². The van der Waals surface area contributed by atoms with Crippen LogP contribution in [0.5, 0.6) is 0 Å². The highest BCUT2D eigenvalue weighted by atomic mass is 14.1. The van der Waals surface area contributed by atoms with Crippen molar-refractivity contribution in [3.8, 4) is 0 Å². The molecule has 0 aromatic heterocycles. The number of rotatable bonds is 3. The summed E-state index contributed by atoms with van der Waals surface area (Å²) < 4.78 is 0. The molecule has 3 aromatic rings. The molecule has 3 aromatic carbocycles. The second-order valence-electron chi connectivity index (χ2n) is 4.83. The second-order valence-corrected chi connectivity index (χ2v) is 4.83. The molecule has 20 heavy (non-hydrogen) atoms. The van der Waals surface area contributed by atoms with Gasteiger partial charge in [-0.25, -0.2) is 0 Å². The summed E-state index contributed by atoms with van der Waals surface area (Å²) >= 11 is 0. The first kappa shape index (κ1) is 12.4. The molecule has 0 saturated heterocycles. The molecule has 0 spiro atoms. The summed E-state index contributed by atoms with van der Waals surface area (Å²) in [6.07, 6.45) is 5.66. The fourth-order valence-electron chi connectivity index (χ4n) is 2.77. The van der Waals surface area contributed by atoms with E-state index in [2.05, 4.69) is 62.2 Å². The summed E-state index contributed by atoms with van der Waals surface area (Å²) in [5.41, 5.74) is 3.31. The molecule has 96 valence electrons. The molecular weight excluding hydrogens is 240 g/mol. The fraction of sp³-hybridized carbons (Fsp3) is 0. The first-order chi connectivity index (χ1) is 9.78. The summed E-state index contributed by atoms with van der Waals surface area (Å²) in [6, 6.07) is 15.0. The van der Waals surface area contributed by atoms with Gasteiger partial charge in [0.15, 0.2) is 0 Å². The Labute approximate surface area is 119 Å². The molecule has 0 aliphatic rings. The zero-order valence-corrected chi connectivity index (χ0v) is 11.4. The van der Waals surface area contributed by atoms with Crippen molar-refractivity contribution in [2.75, 3.05) is 0 Å². The largest absolute Gasteiger partial charge is 0.0984 e. The molecule has 3 rings (SSSR count). The zero-order chi connectivity index (χ0) is 14.1. The Bertz CT molecular complexity index is 851. The second kappa shape index (κ2) is 4.82. The minimum absolute atomic E-state index is 1.10. The van der Waals surface area contributed by atoms with Gasteiger partial charge in [-0.15, -0.1) is 0 Å². The van der Waals surface area contributed by atoms with E-state index < -0.39 is 0 Å². The summed E-state index contributed by atoms with van der Waals surface area (Å²) in [5.74, 6) is 0. The Balaban J connectivity index is 2.54. The van der Waals surface area contributed by atoms with Crippen LogP contribution in [0.4, 0.5) is 0 Å². The third-order valence-electron chi connectivity index (χ3n) is 3.75. The van der Waals surface area contributed by atoms with Gasteiger partial charge in [0.25, 0.3) is 0 Å². The number of hydrogen-bond acceptors (Lipinski definition) is 0. The van der Waals surface area contributed by atoms with Gasteiger partial charge >= 0.3 is 0 Å². The Morgan fingerprint density at radius 1 is 0.650 bits per heavy atom. The van der Waals surface area contributed by atoms with E-state index in [0.717, 1.165) is 16.7 Å². The maximum Gasteiger partial charge on any atom is -0.00988 e. The van der Waals surface area contributed by atoms with Crippen LogP contribution in [-0.4, -0.2) is 0 Å². The molecule has 0 bridgehead atoms. The number of hydrogen-bond donors (Lipinski definition) is 0. The van der Waals surface area contributed by atoms with E-state index in [1.165, 1.54) is 21.5 Å². The van der Waals surface area contributed by atoms with Crippen LogP contribution in [0.1, 0.15) is 16.7 Å². The van der Waals surface area contributed by atoms with Gasteiger partial charge in [-0.3, -0.25) is 0 Å². The standard InChI is InChI=1S/C20H16/c1-4-14-11-17-12-15-9-7-8-10-16(15)13-20(17)19(6-3)18(14)5-2/h4-13H,1-3H2. The Morgan fingerprint density at radius 3 is 1.90 bits per heavy atom. The molecule has 0 heteroatoms. The highest BCUT2D eigenvalue weighted by molar-refractivity contribution is 6.04. The molecule has 0 N–H and O–H groups in total. The molecule has 0 nitrogen and oxygen atoms in total. The first-order valence-electron chi connectivity index (χ1n) is 6.65. The van der Waals surface area contributed by atoms with Crippen molar-refractivity contribution in [3.05, 3.63) is 78.9 Å². The zero-order valence-electron chi connectivity index (χ0n) is 11.4. The van der Waals surface area contributed by atoms with Gasteiger partial charge in [-0.05, 0) is 56.4 Å². The van der Waals surface area contributed by atoms with Crippen LogP contribution in [-0.2, 0) is 0 Å². The van der Waals surface area contributed by atoms with Crippen LogP contribution >= 0.6 is 0 Å². The summed E-state index contributed by atoms with van der Waals surface area (Å²) in [7, 11) is 0. The van der Waals surface area contributed by atoms with Gasteiger partial charge in [0.05, 0.1) is 0 Å². The van der Waals surface area contributed by atoms with Gasteiger partial charge in [0.2, 0.25) is 0 Å². The van der Waals surface area contributed by atoms with Crippen LogP contribution < -0.4 is 0 Å². The van der Waals surface area contributed by atoms with Crippen molar-refractivity contribution < 1.29 is 0 Å². The average molecular weight is 256 g/mol. The molecule has 0 heterocycles. The quantitative estimate of drug-likeness (QED) is 0.510. The predicted molar refractivity (Wildman–Crippen MR) is 91.7 cm³/mol. The van der Waals surface area contributed by atoms with Gasteiger partial charge in [-0.1, -0.05) is 62.2 Å². The molecule has 0 fully saturated rings. The molecule has 0 saturated carbocycles. The van der Waals surface area contributed by atoms with E-state index in [-0.39, 0.29) is 0 Å². The maximum absolute atomic E-state index is 3.96. The van der Waals surface area contributed by atoms with E-state index in [4.69, 9.17) is 0 Å². The minimum Gasteiger partial charge on any atom is -0.0984 e. The predicted octanol–water partition coefficient (Wildman–Crippen LogP) is 5.92. The lowest BCUT2D eigenvalue weighted by atomic mass is 9.92. The molecule has 0 atom stereocenters. The monoisotopic (exact) mass is 256 g/mol. The van der Waals surface area contributed by atoms with Gasteiger partial charge < -0.3 is 0 Å². The van der Waals surface area contributed by atoms with Crippen molar-refractivity contribution in [1.82, 2.24) is 0 Å². The van der Waals surface area contributed by atoms with Crippen LogP contribution in [0.15, 0.2) is 62.2 Å². The van der Waals surface area contributed by atoms with Gasteiger partial charge in [-0.2, -0.15) is 0 Å². The molecular formula is C20H16. The van der Waals surface area contributed by atoms with Crippen LogP contribution in [0, 0.1) is 0 Å². The lowest BCUT2D eigenvalue weighted by molar-refractivity contribution is 1.64. The number of fused-ring (bicyclic) bond motifs is 2. The summed E-state index contributed by atoms with van der Waals surface area (Å²) in [5, 5.41) is 4.90. The van der Waals surface area contributed by atoms with Crippen LogP contribution in [0.25, 0.3) is 39.8 Å². The van der Waals surface area contributed by atoms with Crippen molar-refractivity contribution in [2.24, 2.45) is 0 Å². The van der Waals surface area contributed by atoms with Crippen molar-refractivity contribution in [2.45, 2.75) is 0 Å². The van der Waals surface area contributed by atoms with Crippen LogP contribution in [0.3, 0.4) is 0 Å². The molecule has 0 amide bonds. The van der Waals surface area contributed by atoms with Crippen molar-refractivity contribution >= 4 is 39.8 Å². The van der Waals surface area contributed by atoms with Crippen LogP contribution in [0.2, 0.25) is 0 Å². The highest BCUT2D eigenvalue weighted by Crippen LogP contribution is 2.31. The van der Waals surface area contributed by atoms with Crippen molar-refractivity contribution in [1.29, 1.82) is 0 Å². The van der Waals surface area contributed by atoms with E-state index in [0.29, 0.717) is 0 Å². The Kier molecular flexibility index (Phi) is 3.00. The van der Waals surface area contributed by atoms with Crippen molar-refractivity contribution in [3.63, 3.8) is 0 Å². The molecule has 0 aliphatic carbocycles. The summed E-state index contributed by atoms with van der Waals surface area (Å²) in [6.45, 7) is 11.8. The normalized spacial score (nSPS) is 10.6. The first-order valence-corrected chi connectivity index (χ1v) is 6.65. The number of benzene rings is 3. The molecule has 0 unspecified atom stereocenters. The maximum atomic E-state index is 3.96. The highest BCUT2D eigenvalue weighted by Gasteiger charge is 2.08. The third kappa shape index (κ3) is 1.78. The smallest absolute Gasteiger partial charge is 0.00988 e. The lowest BCUT2D eigenvalue weighted by Crippen LogP contribution is -1.89. The molecule has 0 aliphatic heterocycles. The van der Waals surface area contributed by atoms with E-state index in [1.54, 1.807) is 0 Å². The van der Waals surface area contributed by atoms with Gasteiger partial charge in [0.1, 0.15) is 0 Å². The van der Waals surface area contributed by atoms with E-state index >= 15 is 0 Å². The average Bonchev–Trinajstić information content (AvgIpc) is 2.50. The topological polar surface area (TPSA) is 0 Å². The Hall–Kier alpha value is -2.60. The van der Waals surface area contributed by atoms with E-state index in [1.807, 2.05) is 18.2 Å². The van der Waals surface area contributed by atoms with E-state index in [9.17, 15) is 0 Å². The molecule has 0 radical (unpaired) electrons. The fourth-order valence-corrected chi connectivity index (χ4v) is 2.77. The minimum atomic E-state index is 1.10. The Morgan fingerprint density at radius 2 is 1.30 bits per heavy atom. The SMILES string of the molecule is C=Cc1cc2cc3ccccc3cc2c(C=C)c1C=C. The summed E-state index contributed by atoms with van der Waals surface area (Å²) in [4.78, 5) is 0.